The van der Waals surface area contributed by atoms with Crippen LogP contribution in [0, 0.1) is 5.92 Å². The van der Waals surface area contributed by atoms with E-state index in [1.54, 1.807) is 36.2 Å². The average Bonchev–Trinajstić information content (AvgIpc) is 2.96. The highest BCUT2D eigenvalue weighted by atomic mass is 35.5. The predicted octanol–water partition coefficient (Wildman–Crippen LogP) is 5.12. The lowest BCUT2D eigenvalue weighted by molar-refractivity contribution is -0.131. The Morgan fingerprint density at radius 1 is 1.02 bits per heavy atom. The molecule has 0 bridgehead atoms. The van der Waals surface area contributed by atoms with Gasteiger partial charge in [-0.2, -0.15) is 0 Å². The maximum Gasteiger partial charge on any atom is 0.408 e. The molecule has 0 aliphatic heterocycles. The number of amides is 3. The monoisotopic (exact) mass is 571 g/mol. The SMILES string of the molecule is CN(CCc1ccccc1)C(=O)CC[C@@H](CO)NC(=O)[C@H](CC1CCCCC1)N(Cc1cccc(Cl)c1)C(=O)O. The summed E-state index contributed by atoms with van der Waals surface area (Å²) < 4.78 is 0. The molecular weight excluding hydrogens is 530 g/mol. The quantitative estimate of drug-likeness (QED) is 0.292. The number of halogens is 1. The van der Waals surface area contributed by atoms with Crippen LogP contribution in [-0.2, 0) is 22.6 Å². The lowest BCUT2D eigenvalue weighted by Gasteiger charge is -2.33. The maximum absolute atomic E-state index is 13.6. The first-order valence-corrected chi connectivity index (χ1v) is 14.6. The van der Waals surface area contributed by atoms with Crippen molar-refractivity contribution in [2.45, 2.75) is 76.4 Å². The van der Waals surface area contributed by atoms with E-state index in [9.17, 15) is 24.6 Å². The molecule has 2 atom stereocenters. The summed E-state index contributed by atoms with van der Waals surface area (Å²) in [5, 5.41) is 23.5. The Morgan fingerprint density at radius 2 is 1.73 bits per heavy atom. The van der Waals surface area contributed by atoms with E-state index >= 15 is 0 Å². The van der Waals surface area contributed by atoms with Crippen LogP contribution in [0.4, 0.5) is 4.79 Å². The molecule has 9 heteroatoms. The van der Waals surface area contributed by atoms with E-state index in [2.05, 4.69) is 5.32 Å². The fraction of sp³-hybridized carbons (Fsp3) is 0.516. The molecule has 1 fully saturated rings. The highest BCUT2D eigenvalue weighted by Gasteiger charge is 2.34. The van der Waals surface area contributed by atoms with Crippen LogP contribution in [0.15, 0.2) is 54.6 Å². The number of aliphatic hydroxyl groups is 1. The Morgan fingerprint density at radius 3 is 2.38 bits per heavy atom. The van der Waals surface area contributed by atoms with E-state index in [4.69, 9.17) is 11.6 Å². The summed E-state index contributed by atoms with van der Waals surface area (Å²) in [5.41, 5.74) is 1.84. The van der Waals surface area contributed by atoms with Crippen LogP contribution in [0.3, 0.4) is 0 Å². The fourth-order valence-corrected chi connectivity index (χ4v) is 5.53. The summed E-state index contributed by atoms with van der Waals surface area (Å²) in [5.74, 6) is -0.271. The fourth-order valence-electron chi connectivity index (χ4n) is 5.32. The maximum atomic E-state index is 13.6. The van der Waals surface area contributed by atoms with E-state index in [-0.39, 0.29) is 37.8 Å². The van der Waals surface area contributed by atoms with Gasteiger partial charge in [-0.15, -0.1) is 0 Å². The van der Waals surface area contributed by atoms with Crippen LogP contribution >= 0.6 is 11.6 Å². The molecule has 0 unspecified atom stereocenters. The zero-order chi connectivity index (χ0) is 28.9. The zero-order valence-electron chi connectivity index (χ0n) is 23.3. The molecule has 0 saturated heterocycles. The molecule has 3 amide bonds. The van der Waals surface area contributed by atoms with Gasteiger partial charge in [0.15, 0.2) is 0 Å². The number of carboxylic acid groups (broad SMARTS) is 1. The van der Waals surface area contributed by atoms with Gasteiger partial charge < -0.3 is 20.4 Å². The molecule has 0 spiro atoms. The number of nitrogens with zero attached hydrogens (tertiary/aromatic N) is 2. The first-order valence-electron chi connectivity index (χ1n) is 14.2. The van der Waals surface area contributed by atoms with Crippen LogP contribution in [0.1, 0.15) is 62.5 Å². The van der Waals surface area contributed by atoms with Crippen molar-refractivity contribution in [1.29, 1.82) is 0 Å². The molecule has 1 aliphatic rings. The predicted molar refractivity (Wildman–Crippen MR) is 156 cm³/mol. The molecule has 8 nitrogen and oxygen atoms in total. The number of benzene rings is 2. The Labute approximate surface area is 242 Å². The minimum Gasteiger partial charge on any atom is -0.465 e. The summed E-state index contributed by atoms with van der Waals surface area (Å²) in [7, 11) is 1.75. The summed E-state index contributed by atoms with van der Waals surface area (Å²) in [6.07, 6.45) is 5.60. The molecule has 0 heterocycles. The van der Waals surface area contributed by atoms with Crippen molar-refractivity contribution in [1.82, 2.24) is 15.1 Å². The minimum atomic E-state index is -1.19. The van der Waals surface area contributed by atoms with Gasteiger partial charge in [0.2, 0.25) is 11.8 Å². The normalized spacial score (nSPS) is 15.2. The molecule has 2 aromatic rings. The number of hydrogen-bond acceptors (Lipinski definition) is 4. The van der Waals surface area contributed by atoms with E-state index < -0.39 is 24.1 Å². The van der Waals surface area contributed by atoms with Gasteiger partial charge in [0.25, 0.3) is 0 Å². The van der Waals surface area contributed by atoms with Crippen molar-refractivity contribution in [2.24, 2.45) is 5.92 Å². The van der Waals surface area contributed by atoms with Gasteiger partial charge in [0.1, 0.15) is 6.04 Å². The topological polar surface area (TPSA) is 110 Å². The molecule has 1 saturated carbocycles. The summed E-state index contributed by atoms with van der Waals surface area (Å²) in [6, 6.07) is 15.3. The lowest BCUT2D eigenvalue weighted by atomic mass is 9.84. The number of hydrogen-bond donors (Lipinski definition) is 3. The second-order valence-corrected chi connectivity index (χ2v) is 11.2. The molecule has 1 aliphatic carbocycles. The third-order valence-corrected chi connectivity index (χ3v) is 7.96. The van der Waals surface area contributed by atoms with Crippen LogP contribution in [0.2, 0.25) is 5.02 Å². The molecule has 3 rings (SSSR count). The van der Waals surface area contributed by atoms with Gasteiger partial charge in [-0.3, -0.25) is 14.5 Å². The van der Waals surface area contributed by atoms with Gasteiger partial charge in [0, 0.05) is 31.6 Å². The number of aliphatic hydroxyl groups excluding tert-OH is 1. The molecule has 0 aromatic heterocycles. The summed E-state index contributed by atoms with van der Waals surface area (Å²) in [6.45, 7) is 0.249. The Kier molecular flexibility index (Phi) is 12.8. The van der Waals surface area contributed by atoms with Gasteiger partial charge in [-0.05, 0) is 48.4 Å². The van der Waals surface area contributed by atoms with Crippen LogP contribution in [0.5, 0.6) is 0 Å². The third kappa shape index (κ3) is 10.1. The summed E-state index contributed by atoms with van der Waals surface area (Å²) in [4.78, 5) is 41.5. The zero-order valence-corrected chi connectivity index (χ0v) is 24.1. The highest BCUT2D eigenvalue weighted by Crippen LogP contribution is 2.29. The Balaban J connectivity index is 1.63. The molecule has 3 N–H and O–H groups in total. The highest BCUT2D eigenvalue weighted by molar-refractivity contribution is 6.30. The van der Waals surface area contributed by atoms with Crippen molar-refractivity contribution >= 4 is 29.5 Å². The summed E-state index contributed by atoms with van der Waals surface area (Å²) >= 11 is 6.12. The molecule has 2 aromatic carbocycles. The number of likely N-dealkylation sites (N-methyl/N-ethyl adjacent to an activating group) is 1. The number of carbonyl (C=O) groups is 3. The van der Waals surface area contributed by atoms with Gasteiger partial charge in [0.05, 0.1) is 12.6 Å². The van der Waals surface area contributed by atoms with Crippen LogP contribution < -0.4 is 5.32 Å². The van der Waals surface area contributed by atoms with E-state index in [0.717, 1.165) is 44.1 Å². The lowest BCUT2D eigenvalue weighted by Crippen LogP contribution is -2.52. The molecular formula is C31H42ClN3O5. The second-order valence-electron chi connectivity index (χ2n) is 10.8. The minimum absolute atomic E-state index is 0.0230. The smallest absolute Gasteiger partial charge is 0.408 e. The van der Waals surface area contributed by atoms with Gasteiger partial charge in [-0.1, -0.05) is 86.2 Å². The third-order valence-electron chi connectivity index (χ3n) is 7.73. The van der Waals surface area contributed by atoms with E-state index in [0.29, 0.717) is 23.6 Å². The van der Waals surface area contributed by atoms with Crippen LogP contribution in [-0.4, -0.2) is 70.2 Å². The van der Waals surface area contributed by atoms with Gasteiger partial charge in [-0.25, -0.2) is 4.79 Å². The number of nitrogens with one attached hydrogen (secondary N) is 1. The number of carbonyl (C=O) groups excluding carboxylic acids is 2. The van der Waals surface area contributed by atoms with Crippen molar-refractivity contribution in [3.05, 3.63) is 70.7 Å². The average molecular weight is 572 g/mol. The van der Waals surface area contributed by atoms with E-state index in [1.807, 2.05) is 30.3 Å². The molecule has 218 valence electrons. The van der Waals surface area contributed by atoms with Crippen molar-refractivity contribution in [3.63, 3.8) is 0 Å². The number of rotatable bonds is 14. The molecule has 0 radical (unpaired) electrons. The van der Waals surface area contributed by atoms with Gasteiger partial charge >= 0.3 is 6.09 Å². The Hall–Kier alpha value is -3.10. The van der Waals surface area contributed by atoms with Crippen molar-refractivity contribution in [3.8, 4) is 0 Å². The standard InChI is InChI=1S/C31H42ClN3O5/c1-34(18-17-23-9-4-2-5-10-23)29(37)16-15-27(22-36)33-30(38)28(20-24-11-6-3-7-12-24)35(31(39)40)21-25-13-8-14-26(32)19-25/h2,4-5,8-10,13-14,19,24,27-28,36H,3,6-7,11-12,15-18,20-22H2,1H3,(H,33,38)(H,39,40)/t27-,28-/m0/s1. The molecule has 40 heavy (non-hydrogen) atoms. The Bertz CT molecular complexity index is 1090. The first-order chi connectivity index (χ1) is 19.3. The van der Waals surface area contributed by atoms with Crippen LogP contribution in [0.25, 0.3) is 0 Å². The largest absolute Gasteiger partial charge is 0.465 e. The van der Waals surface area contributed by atoms with E-state index in [1.165, 1.54) is 4.90 Å². The second kappa shape index (κ2) is 16.2. The first kappa shape index (κ1) is 31.4. The van der Waals surface area contributed by atoms with Crippen molar-refractivity contribution in [2.75, 3.05) is 20.2 Å². The van der Waals surface area contributed by atoms with Crippen molar-refractivity contribution < 1.29 is 24.6 Å².